The van der Waals surface area contributed by atoms with Crippen molar-refractivity contribution in [2.24, 2.45) is 0 Å². The van der Waals surface area contributed by atoms with Crippen LogP contribution < -0.4 is 15.4 Å². The predicted molar refractivity (Wildman–Crippen MR) is 95.4 cm³/mol. The number of nitroso groups, excluding NO2 is 1. The molecule has 1 fully saturated rings. The molecule has 2 aliphatic rings. The molecular weight excluding hydrogens is 302 g/mol. The summed E-state index contributed by atoms with van der Waals surface area (Å²) in [6.45, 7) is 0. The van der Waals surface area contributed by atoms with Crippen LogP contribution in [0.25, 0.3) is 0 Å². The van der Waals surface area contributed by atoms with E-state index in [-0.39, 0.29) is 0 Å². The van der Waals surface area contributed by atoms with E-state index in [9.17, 15) is 4.91 Å². The van der Waals surface area contributed by atoms with Crippen molar-refractivity contribution in [3.05, 3.63) is 47.4 Å². The quantitative estimate of drug-likeness (QED) is 0.786. The molecule has 0 saturated heterocycles. The molecule has 0 atom stereocenters. The number of hydrogen-bond acceptors (Lipinski definition) is 4. The van der Waals surface area contributed by atoms with Crippen molar-refractivity contribution in [1.82, 2.24) is 0 Å². The molecule has 5 heteroatoms. The fourth-order valence-electron chi connectivity index (χ4n) is 3.72. The van der Waals surface area contributed by atoms with E-state index in [1.807, 2.05) is 42.5 Å². The number of ether oxygens (including phenoxy) is 1. The Morgan fingerprint density at radius 3 is 2.46 bits per heavy atom. The molecular formula is C19H22N3O2+. The number of methoxy groups -OCH3 is 1. The zero-order valence-corrected chi connectivity index (χ0v) is 13.8. The zero-order valence-electron chi connectivity index (χ0n) is 13.8. The van der Waals surface area contributed by atoms with Gasteiger partial charge in [0.15, 0.2) is 0 Å². The molecule has 1 aliphatic carbocycles. The molecule has 0 radical (unpaired) electrons. The van der Waals surface area contributed by atoms with Crippen LogP contribution in [0.4, 0.5) is 22.7 Å². The maximum atomic E-state index is 12.9. The lowest BCUT2D eigenvalue weighted by Crippen LogP contribution is -2.43. The smallest absolute Gasteiger partial charge is 0.290 e. The van der Waals surface area contributed by atoms with E-state index < -0.39 is 5.66 Å². The molecule has 2 aromatic rings. The number of rotatable bonds is 3. The topological polar surface area (TPSA) is 53.4 Å². The van der Waals surface area contributed by atoms with Crippen LogP contribution in [0.2, 0.25) is 0 Å². The van der Waals surface area contributed by atoms with Gasteiger partial charge in [-0.25, -0.2) is 0 Å². The third-order valence-electron chi connectivity index (χ3n) is 5.03. The van der Waals surface area contributed by atoms with Crippen molar-refractivity contribution in [2.45, 2.75) is 37.8 Å². The summed E-state index contributed by atoms with van der Waals surface area (Å²) in [7, 11) is 1.65. The van der Waals surface area contributed by atoms with E-state index in [2.05, 4.69) is 10.6 Å². The average Bonchev–Trinajstić information content (AvgIpc) is 2.88. The first-order chi connectivity index (χ1) is 11.7. The van der Waals surface area contributed by atoms with Crippen LogP contribution in [0.5, 0.6) is 5.75 Å². The van der Waals surface area contributed by atoms with Crippen molar-refractivity contribution < 1.29 is 9.50 Å². The summed E-state index contributed by atoms with van der Waals surface area (Å²) >= 11 is 0. The summed E-state index contributed by atoms with van der Waals surface area (Å²) in [5.74, 6) is 0.823. The summed E-state index contributed by atoms with van der Waals surface area (Å²) in [6.07, 6.45) is 5.25. The highest BCUT2D eigenvalue weighted by molar-refractivity contribution is 5.73. The lowest BCUT2D eigenvalue weighted by molar-refractivity contribution is -0.542. The molecule has 1 aliphatic heterocycles. The molecule has 0 unspecified atom stereocenters. The third-order valence-corrected chi connectivity index (χ3v) is 5.03. The van der Waals surface area contributed by atoms with Gasteiger partial charge in [-0.1, -0.05) is 6.42 Å². The Balaban J connectivity index is 1.57. The number of fused-ring (bicyclic) bond motifs is 1. The number of hydrogen-bond donors (Lipinski definition) is 2. The summed E-state index contributed by atoms with van der Waals surface area (Å²) in [5.41, 5.74) is 3.11. The second kappa shape index (κ2) is 5.82. The lowest BCUT2D eigenvalue weighted by atomic mass is 9.89. The van der Waals surface area contributed by atoms with Gasteiger partial charge in [0, 0.05) is 35.2 Å². The second-order valence-electron chi connectivity index (χ2n) is 6.60. The number of nitrogens with one attached hydrogen (secondary N) is 2. The van der Waals surface area contributed by atoms with Crippen LogP contribution in [0, 0.1) is 4.91 Å². The van der Waals surface area contributed by atoms with Gasteiger partial charge in [0.05, 0.1) is 11.9 Å². The van der Waals surface area contributed by atoms with Crippen LogP contribution in [-0.2, 0) is 0 Å². The average molecular weight is 324 g/mol. The van der Waals surface area contributed by atoms with Gasteiger partial charge in [-0.15, -0.1) is 0 Å². The summed E-state index contributed by atoms with van der Waals surface area (Å²) in [4.78, 5) is 12.9. The zero-order chi connectivity index (χ0) is 16.6. The Bertz CT molecular complexity index is 765. The summed E-state index contributed by atoms with van der Waals surface area (Å²) < 4.78 is 6.37. The van der Waals surface area contributed by atoms with E-state index in [1.165, 1.54) is 11.2 Å². The maximum Gasteiger partial charge on any atom is 0.290 e. The standard InChI is InChI=1S/C19H22N3O2/c1-24-16-8-5-14(6-9-16)20-15-7-10-17-18(13-15)22(23)19(21-17)11-3-2-4-12-19/h5-10,13,20-21H,2-4,11-12H2,1H3/q+1. The van der Waals surface area contributed by atoms with Crippen LogP contribution in [0.3, 0.4) is 0 Å². The molecule has 5 nitrogen and oxygen atoms in total. The predicted octanol–water partition coefficient (Wildman–Crippen LogP) is 4.94. The van der Waals surface area contributed by atoms with Crippen molar-refractivity contribution in [2.75, 3.05) is 17.7 Å². The molecule has 0 amide bonds. The fraction of sp³-hybridized carbons (Fsp3) is 0.368. The van der Waals surface area contributed by atoms with Gasteiger partial charge < -0.3 is 15.4 Å². The molecule has 0 aromatic heterocycles. The molecule has 1 heterocycles. The Kier molecular flexibility index (Phi) is 3.63. The molecule has 0 bridgehead atoms. The largest absolute Gasteiger partial charge is 0.497 e. The van der Waals surface area contributed by atoms with E-state index in [1.54, 1.807) is 7.11 Å². The van der Waals surface area contributed by atoms with Crippen molar-refractivity contribution in [3.8, 4) is 5.75 Å². The molecule has 24 heavy (non-hydrogen) atoms. The maximum absolute atomic E-state index is 12.9. The monoisotopic (exact) mass is 324 g/mol. The van der Waals surface area contributed by atoms with E-state index in [0.717, 1.165) is 54.2 Å². The number of benzene rings is 2. The van der Waals surface area contributed by atoms with E-state index in [0.29, 0.717) is 0 Å². The highest BCUT2D eigenvalue weighted by atomic mass is 16.5. The Morgan fingerprint density at radius 2 is 1.75 bits per heavy atom. The van der Waals surface area contributed by atoms with Gasteiger partial charge in [0.25, 0.3) is 11.4 Å². The van der Waals surface area contributed by atoms with E-state index >= 15 is 0 Å². The normalized spacial score (nSPS) is 18.1. The fourth-order valence-corrected chi connectivity index (χ4v) is 3.72. The number of nitrogens with zero attached hydrogens (tertiary/aromatic N) is 1. The Morgan fingerprint density at radius 1 is 1.04 bits per heavy atom. The third kappa shape index (κ3) is 2.50. The van der Waals surface area contributed by atoms with Crippen LogP contribution in [0.15, 0.2) is 42.5 Å². The first kappa shape index (κ1) is 15.0. The van der Waals surface area contributed by atoms with Gasteiger partial charge in [-0.3, -0.25) is 0 Å². The van der Waals surface area contributed by atoms with Crippen LogP contribution in [-0.4, -0.2) is 17.5 Å². The van der Waals surface area contributed by atoms with Crippen molar-refractivity contribution in [3.63, 3.8) is 0 Å². The van der Waals surface area contributed by atoms with Gasteiger partial charge in [-0.2, -0.15) is 0 Å². The van der Waals surface area contributed by atoms with Gasteiger partial charge in [-0.05, 0) is 49.2 Å². The van der Waals surface area contributed by atoms with Gasteiger partial charge in [0.1, 0.15) is 11.4 Å². The van der Waals surface area contributed by atoms with Gasteiger partial charge in [0.2, 0.25) is 0 Å². The minimum Gasteiger partial charge on any atom is -0.497 e. The molecule has 124 valence electrons. The minimum atomic E-state index is -0.431. The van der Waals surface area contributed by atoms with Crippen molar-refractivity contribution in [1.29, 1.82) is 0 Å². The minimum absolute atomic E-state index is 0.431. The highest BCUT2D eigenvalue weighted by Gasteiger charge is 2.54. The van der Waals surface area contributed by atoms with Crippen molar-refractivity contribution >= 4 is 22.7 Å². The molecule has 1 saturated carbocycles. The summed E-state index contributed by atoms with van der Waals surface area (Å²) in [6, 6.07) is 13.7. The summed E-state index contributed by atoms with van der Waals surface area (Å²) in [5, 5.41) is 6.82. The Labute approximate surface area is 141 Å². The van der Waals surface area contributed by atoms with Crippen LogP contribution in [0.1, 0.15) is 32.1 Å². The van der Waals surface area contributed by atoms with Gasteiger partial charge >= 0.3 is 0 Å². The highest BCUT2D eigenvalue weighted by Crippen LogP contribution is 2.46. The lowest BCUT2D eigenvalue weighted by Gasteiger charge is -2.24. The number of anilines is 3. The Hall–Kier alpha value is -2.56. The SMILES string of the molecule is COc1ccc(Nc2ccc3c(c2)[N+](=O)C2(CCCCC2)N3)cc1. The molecule has 2 aromatic carbocycles. The van der Waals surface area contributed by atoms with Crippen LogP contribution >= 0.6 is 0 Å². The first-order valence-corrected chi connectivity index (χ1v) is 8.51. The molecule has 4 rings (SSSR count). The first-order valence-electron chi connectivity index (χ1n) is 8.51. The molecule has 2 N–H and O–H groups in total. The van der Waals surface area contributed by atoms with E-state index in [4.69, 9.17) is 4.74 Å². The second-order valence-corrected chi connectivity index (χ2v) is 6.60. The molecule has 1 spiro atoms.